The summed E-state index contributed by atoms with van der Waals surface area (Å²) in [5.41, 5.74) is 2.81. The summed E-state index contributed by atoms with van der Waals surface area (Å²) >= 11 is 0. The Morgan fingerprint density at radius 1 is 0.893 bits per heavy atom. The third-order valence-electron chi connectivity index (χ3n) is 4.46. The zero-order valence-corrected chi connectivity index (χ0v) is 16.6. The predicted molar refractivity (Wildman–Crippen MR) is 111 cm³/mol. The molecule has 0 saturated heterocycles. The smallest absolute Gasteiger partial charge is 0.206 e. The first-order valence-corrected chi connectivity index (χ1v) is 9.91. The van der Waals surface area contributed by atoms with Gasteiger partial charge in [-0.05, 0) is 48.7 Å². The van der Waals surface area contributed by atoms with Crippen molar-refractivity contribution >= 4 is 6.08 Å². The zero-order valence-electron chi connectivity index (χ0n) is 16.6. The van der Waals surface area contributed by atoms with Crippen molar-refractivity contribution in [3.05, 3.63) is 76.6 Å². The molecule has 0 saturated carbocycles. The molecule has 0 aliphatic carbocycles. The van der Waals surface area contributed by atoms with E-state index in [0.29, 0.717) is 12.0 Å². The van der Waals surface area contributed by atoms with Crippen molar-refractivity contribution in [3.8, 4) is 11.8 Å². The van der Waals surface area contributed by atoms with E-state index in [4.69, 9.17) is 0 Å². The maximum Gasteiger partial charge on any atom is 0.266 e. The quantitative estimate of drug-likeness (QED) is 0.328. The minimum absolute atomic E-state index is 0.137. The topological polar surface area (TPSA) is 0 Å². The lowest BCUT2D eigenvalue weighted by Gasteiger charge is -2.09. The Morgan fingerprint density at radius 3 is 2.21 bits per heavy atom. The van der Waals surface area contributed by atoms with Crippen LogP contribution < -0.4 is 0 Å². The molecule has 0 radical (unpaired) electrons. The Kier molecular flexibility index (Phi) is 8.39. The van der Waals surface area contributed by atoms with Gasteiger partial charge in [-0.3, -0.25) is 0 Å². The largest absolute Gasteiger partial charge is 0.266 e. The molecule has 2 rings (SSSR count). The lowest BCUT2D eigenvalue weighted by molar-refractivity contribution is 0.0458. The number of hydrogen-bond acceptors (Lipinski definition) is 0. The molecule has 0 atom stereocenters. The number of aryl methyl sites for hydroxylation is 1. The van der Waals surface area contributed by atoms with Gasteiger partial charge >= 0.3 is 0 Å². The summed E-state index contributed by atoms with van der Waals surface area (Å²) in [6.07, 6.45) is 6.72. The van der Waals surface area contributed by atoms with Gasteiger partial charge in [0.15, 0.2) is 0 Å². The molecule has 0 spiro atoms. The number of unbranched alkanes of at least 4 members (excludes halogenated alkanes) is 2. The van der Waals surface area contributed by atoms with E-state index < -0.39 is 11.7 Å². The predicted octanol–water partition coefficient (Wildman–Crippen LogP) is 7.41. The summed E-state index contributed by atoms with van der Waals surface area (Å²) in [6, 6.07) is 12.5. The number of rotatable bonds is 8. The Hall–Kier alpha value is -2.47. The van der Waals surface area contributed by atoms with E-state index in [9.17, 15) is 13.2 Å². The van der Waals surface area contributed by atoms with Gasteiger partial charge in [0.2, 0.25) is 0 Å². The van der Waals surface area contributed by atoms with Gasteiger partial charge in [0.25, 0.3) is 5.92 Å². The minimum atomic E-state index is -2.91. The van der Waals surface area contributed by atoms with Gasteiger partial charge < -0.3 is 0 Å². The average Bonchev–Trinajstić information content (AvgIpc) is 2.67. The summed E-state index contributed by atoms with van der Waals surface area (Å²) in [5.74, 6) is 2.48. The van der Waals surface area contributed by atoms with Crippen molar-refractivity contribution < 1.29 is 13.2 Å². The van der Waals surface area contributed by atoms with Crippen LogP contribution in [0.4, 0.5) is 13.2 Å². The van der Waals surface area contributed by atoms with Gasteiger partial charge in [-0.15, -0.1) is 0 Å². The first kappa shape index (κ1) is 21.8. The number of halogens is 3. The summed E-state index contributed by atoms with van der Waals surface area (Å²) < 4.78 is 41.2. The summed E-state index contributed by atoms with van der Waals surface area (Å²) in [6.45, 7) is 3.88. The number of hydrogen-bond donors (Lipinski definition) is 0. The van der Waals surface area contributed by atoms with E-state index in [1.807, 2.05) is 12.1 Å². The normalized spacial score (nSPS) is 11.5. The van der Waals surface area contributed by atoms with Crippen molar-refractivity contribution in [1.29, 1.82) is 0 Å². The van der Waals surface area contributed by atoms with Crippen molar-refractivity contribution in [2.45, 2.75) is 58.3 Å². The zero-order chi connectivity index (χ0) is 20.4. The molecular formula is C25H27F3. The number of benzene rings is 2. The van der Waals surface area contributed by atoms with E-state index in [2.05, 4.69) is 30.9 Å². The molecule has 0 aromatic heterocycles. The molecule has 28 heavy (non-hydrogen) atoms. The van der Waals surface area contributed by atoms with Crippen LogP contribution in [0.3, 0.4) is 0 Å². The highest BCUT2D eigenvalue weighted by Crippen LogP contribution is 2.23. The third-order valence-corrected chi connectivity index (χ3v) is 4.46. The number of alkyl halides is 2. The molecule has 148 valence electrons. The molecule has 0 heterocycles. The van der Waals surface area contributed by atoms with Crippen LogP contribution in [0.2, 0.25) is 0 Å². The third kappa shape index (κ3) is 7.27. The van der Waals surface area contributed by atoms with E-state index >= 15 is 0 Å². The summed E-state index contributed by atoms with van der Waals surface area (Å²) in [7, 11) is 0. The fourth-order valence-corrected chi connectivity index (χ4v) is 2.85. The van der Waals surface area contributed by atoms with Gasteiger partial charge in [-0.25, -0.2) is 13.2 Å². The van der Waals surface area contributed by atoms with Gasteiger partial charge in [0.1, 0.15) is 5.82 Å². The Balaban J connectivity index is 2.04. The highest BCUT2D eigenvalue weighted by molar-refractivity contribution is 5.54. The average molecular weight is 384 g/mol. The molecule has 0 amide bonds. The van der Waals surface area contributed by atoms with Crippen molar-refractivity contribution in [1.82, 2.24) is 0 Å². The molecule has 0 bridgehead atoms. The monoisotopic (exact) mass is 384 g/mol. The lowest BCUT2D eigenvalue weighted by Crippen LogP contribution is -2.10. The molecule has 0 nitrogen and oxygen atoms in total. The molecule has 0 unspecified atom stereocenters. The van der Waals surface area contributed by atoms with Crippen molar-refractivity contribution in [2.75, 3.05) is 0 Å². The van der Waals surface area contributed by atoms with E-state index in [1.165, 1.54) is 37.0 Å². The maximum absolute atomic E-state index is 14.2. The molecule has 0 aliphatic heterocycles. The summed E-state index contributed by atoms with van der Waals surface area (Å²) in [5, 5.41) is 0. The van der Waals surface area contributed by atoms with Crippen LogP contribution in [0.15, 0.2) is 48.5 Å². The number of allylic oxidation sites excluding steroid dienone is 1. The van der Waals surface area contributed by atoms with Gasteiger partial charge in [-0.2, -0.15) is 0 Å². The van der Waals surface area contributed by atoms with Gasteiger partial charge in [0.05, 0.1) is 0 Å². The van der Waals surface area contributed by atoms with Crippen LogP contribution >= 0.6 is 0 Å². The lowest BCUT2D eigenvalue weighted by atomic mass is 10.0. The second-order valence-electron chi connectivity index (χ2n) is 6.98. The van der Waals surface area contributed by atoms with Crippen LogP contribution in [0.1, 0.15) is 68.2 Å². The Bertz CT molecular complexity index is 836. The molecule has 2 aromatic carbocycles. The second-order valence-corrected chi connectivity index (χ2v) is 6.98. The maximum atomic E-state index is 14.2. The van der Waals surface area contributed by atoms with Crippen molar-refractivity contribution in [3.63, 3.8) is 0 Å². The highest BCUT2D eigenvalue weighted by atomic mass is 19.3. The first-order valence-electron chi connectivity index (χ1n) is 9.91. The van der Waals surface area contributed by atoms with Crippen LogP contribution in [0.5, 0.6) is 0 Å². The summed E-state index contributed by atoms with van der Waals surface area (Å²) in [4.78, 5) is 0. The molecule has 3 heteroatoms. The van der Waals surface area contributed by atoms with E-state index in [-0.39, 0.29) is 12.0 Å². The van der Waals surface area contributed by atoms with Crippen molar-refractivity contribution in [2.24, 2.45) is 0 Å². The highest BCUT2D eigenvalue weighted by Gasteiger charge is 2.23. The Labute approximate surface area is 166 Å². The van der Waals surface area contributed by atoms with Crippen LogP contribution in [0, 0.1) is 17.7 Å². The van der Waals surface area contributed by atoms with E-state index in [0.717, 1.165) is 24.1 Å². The van der Waals surface area contributed by atoms with Crippen LogP contribution in [0.25, 0.3) is 6.08 Å². The van der Waals surface area contributed by atoms with Gasteiger partial charge in [0, 0.05) is 23.1 Å². The molecule has 2 aromatic rings. The molecular weight excluding hydrogens is 357 g/mol. The minimum Gasteiger partial charge on any atom is -0.206 e. The Morgan fingerprint density at radius 2 is 1.57 bits per heavy atom. The second kappa shape index (κ2) is 10.8. The molecule has 0 fully saturated rings. The molecule has 0 N–H and O–H groups in total. The van der Waals surface area contributed by atoms with Crippen LogP contribution in [-0.4, -0.2) is 5.92 Å². The SMILES string of the molecule is CCCCCc1ccc(C#Cc2ccc(/C=C/C(F)(F)CCC)c(F)c2)cc1. The molecule has 0 aliphatic rings. The fourth-order valence-electron chi connectivity index (χ4n) is 2.85. The van der Waals surface area contributed by atoms with E-state index in [1.54, 1.807) is 13.0 Å². The fraction of sp³-hybridized carbons (Fsp3) is 0.360. The standard InChI is InChI=1S/C25H27F3/c1-3-5-6-7-20-8-10-21(11-9-20)12-13-22-14-15-23(24(26)19-22)16-18-25(27,28)17-4-2/h8-11,14-16,18-19H,3-7,17H2,1-2H3/b18-16+. The van der Waals surface area contributed by atoms with Crippen LogP contribution in [-0.2, 0) is 6.42 Å². The first-order chi connectivity index (χ1) is 13.4. The van der Waals surface area contributed by atoms with Gasteiger partial charge in [-0.1, -0.05) is 69.2 Å².